The predicted octanol–water partition coefficient (Wildman–Crippen LogP) is 4.48. The Balaban J connectivity index is 1.62. The average molecular weight is 418 g/mol. The smallest absolute Gasteiger partial charge is 0.243 e. The number of aryl methyl sites for hydroxylation is 1. The molecule has 152 valence electrons. The molecular formula is C25H23NO3S. The molecule has 3 aromatic carbocycles. The van der Waals surface area contributed by atoms with Crippen LogP contribution in [0.4, 0.5) is 0 Å². The zero-order valence-corrected chi connectivity index (χ0v) is 17.6. The summed E-state index contributed by atoms with van der Waals surface area (Å²) in [5, 5.41) is 0. The minimum Gasteiger partial charge on any atom is -0.294 e. The molecule has 0 heterocycles. The Hall–Kier alpha value is -2.76. The number of hydrogen-bond acceptors (Lipinski definition) is 3. The van der Waals surface area contributed by atoms with Gasteiger partial charge in [0, 0.05) is 18.0 Å². The van der Waals surface area contributed by atoms with Gasteiger partial charge >= 0.3 is 0 Å². The molecule has 0 aromatic heterocycles. The number of nitrogens with zero attached hydrogens (tertiary/aromatic N) is 1. The summed E-state index contributed by atoms with van der Waals surface area (Å²) in [4.78, 5) is 13.0. The van der Waals surface area contributed by atoms with Crippen molar-refractivity contribution in [1.29, 1.82) is 0 Å². The van der Waals surface area contributed by atoms with Crippen molar-refractivity contribution in [3.8, 4) is 0 Å². The van der Waals surface area contributed by atoms with Crippen LogP contribution in [0.15, 0.2) is 77.7 Å². The third kappa shape index (κ3) is 3.09. The van der Waals surface area contributed by atoms with E-state index in [4.69, 9.17) is 0 Å². The van der Waals surface area contributed by atoms with Crippen molar-refractivity contribution in [1.82, 2.24) is 4.31 Å². The number of sulfonamides is 1. The molecule has 1 atom stereocenters. The van der Waals surface area contributed by atoms with Gasteiger partial charge in [0.05, 0.1) is 10.9 Å². The Bertz CT molecular complexity index is 1210. The third-order valence-electron chi connectivity index (χ3n) is 6.29. The monoisotopic (exact) mass is 417 g/mol. The maximum atomic E-state index is 13.9. The molecule has 0 radical (unpaired) electrons. The number of carbonyl (C=O) groups is 1. The van der Waals surface area contributed by atoms with Crippen LogP contribution in [0.5, 0.6) is 0 Å². The lowest BCUT2D eigenvalue weighted by Crippen LogP contribution is -2.43. The molecule has 5 heteroatoms. The van der Waals surface area contributed by atoms with E-state index in [1.165, 1.54) is 11.1 Å². The average Bonchev–Trinajstić information content (AvgIpc) is 3.30. The van der Waals surface area contributed by atoms with E-state index in [1.807, 2.05) is 49.4 Å². The molecule has 1 unspecified atom stereocenters. The van der Waals surface area contributed by atoms with E-state index in [-0.39, 0.29) is 23.1 Å². The number of carbonyl (C=O) groups excluding carboxylic acids is 1. The normalized spacial score (nSPS) is 18.6. The lowest BCUT2D eigenvalue weighted by molar-refractivity contribution is 0.0970. The van der Waals surface area contributed by atoms with Gasteiger partial charge in [-0.2, -0.15) is 4.31 Å². The molecule has 4 nitrogen and oxygen atoms in total. The number of rotatable bonds is 4. The first-order valence-electron chi connectivity index (χ1n) is 10.2. The predicted molar refractivity (Wildman–Crippen MR) is 116 cm³/mol. The van der Waals surface area contributed by atoms with E-state index >= 15 is 0 Å². The Morgan fingerprint density at radius 3 is 2.07 bits per heavy atom. The summed E-state index contributed by atoms with van der Waals surface area (Å²) in [6.07, 6.45) is 1.51. The van der Waals surface area contributed by atoms with Crippen LogP contribution in [0.3, 0.4) is 0 Å². The fourth-order valence-electron chi connectivity index (χ4n) is 4.83. The fourth-order valence-corrected chi connectivity index (χ4v) is 6.62. The van der Waals surface area contributed by atoms with Crippen LogP contribution in [-0.2, 0) is 22.9 Å². The van der Waals surface area contributed by atoms with Gasteiger partial charge < -0.3 is 0 Å². The van der Waals surface area contributed by atoms with Crippen LogP contribution in [0.2, 0.25) is 0 Å². The largest absolute Gasteiger partial charge is 0.294 e. The van der Waals surface area contributed by atoms with Gasteiger partial charge in [-0.1, -0.05) is 66.2 Å². The van der Waals surface area contributed by atoms with Gasteiger partial charge in [0.25, 0.3) is 0 Å². The molecular weight excluding hydrogens is 394 g/mol. The van der Waals surface area contributed by atoms with Gasteiger partial charge in [-0.05, 0) is 48.6 Å². The van der Waals surface area contributed by atoms with Gasteiger partial charge in [-0.3, -0.25) is 4.79 Å². The molecule has 3 aromatic rings. The highest BCUT2D eigenvalue weighted by atomic mass is 32.2. The van der Waals surface area contributed by atoms with Gasteiger partial charge in [0.1, 0.15) is 0 Å². The fraction of sp³-hybridized carbons (Fsp3) is 0.240. The summed E-state index contributed by atoms with van der Waals surface area (Å²) in [6, 6.07) is 21.8. The Morgan fingerprint density at radius 2 is 1.40 bits per heavy atom. The highest BCUT2D eigenvalue weighted by Crippen LogP contribution is 2.42. The summed E-state index contributed by atoms with van der Waals surface area (Å²) < 4.78 is 29.4. The zero-order valence-electron chi connectivity index (χ0n) is 16.8. The highest BCUT2D eigenvalue weighted by molar-refractivity contribution is 7.89. The maximum absolute atomic E-state index is 13.9. The van der Waals surface area contributed by atoms with Crippen molar-refractivity contribution in [2.75, 3.05) is 0 Å². The summed E-state index contributed by atoms with van der Waals surface area (Å²) in [6.45, 7) is 1.94. The van der Waals surface area contributed by atoms with Crippen molar-refractivity contribution < 1.29 is 13.2 Å². The molecule has 5 rings (SSSR count). The van der Waals surface area contributed by atoms with Crippen LogP contribution in [0, 0.1) is 6.92 Å². The first kappa shape index (κ1) is 19.2. The van der Waals surface area contributed by atoms with Crippen LogP contribution in [0.1, 0.15) is 45.1 Å². The van der Waals surface area contributed by atoms with Gasteiger partial charge in [0.15, 0.2) is 5.78 Å². The first-order chi connectivity index (χ1) is 14.4. The minimum absolute atomic E-state index is 0.00946. The summed E-state index contributed by atoms with van der Waals surface area (Å²) in [7, 11) is -3.79. The lowest BCUT2D eigenvalue weighted by atomic mass is 10.1. The molecule has 2 aliphatic rings. The van der Waals surface area contributed by atoms with Crippen LogP contribution in [0.25, 0.3) is 0 Å². The quantitative estimate of drug-likeness (QED) is 0.629. The molecule has 0 aliphatic heterocycles. The molecule has 0 amide bonds. The van der Waals surface area contributed by atoms with E-state index in [0.717, 1.165) is 11.1 Å². The van der Waals surface area contributed by atoms with Crippen molar-refractivity contribution in [2.24, 2.45) is 0 Å². The first-order valence-corrected chi connectivity index (χ1v) is 11.7. The molecule has 30 heavy (non-hydrogen) atoms. The minimum atomic E-state index is -3.79. The van der Waals surface area contributed by atoms with Gasteiger partial charge in [-0.25, -0.2) is 8.42 Å². The second kappa shape index (κ2) is 7.18. The van der Waals surface area contributed by atoms with Crippen molar-refractivity contribution >= 4 is 15.8 Å². The summed E-state index contributed by atoms with van der Waals surface area (Å²) >= 11 is 0. The van der Waals surface area contributed by atoms with Crippen LogP contribution in [-0.4, -0.2) is 24.5 Å². The van der Waals surface area contributed by atoms with E-state index in [1.54, 1.807) is 22.5 Å². The van der Waals surface area contributed by atoms with Crippen LogP contribution >= 0.6 is 0 Å². The maximum Gasteiger partial charge on any atom is 0.243 e. The SMILES string of the molecule is Cc1ccc(S(=O)(=O)N(C2Cc3ccccc3C2)C2CC(=O)c3ccccc32)cc1. The molecule has 2 aliphatic carbocycles. The molecule has 0 bridgehead atoms. The molecule has 0 saturated carbocycles. The number of hydrogen-bond donors (Lipinski definition) is 0. The van der Waals surface area contributed by atoms with E-state index in [9.17, 15) is 13.2 Å². The van der Waals surface area contributed by atoms with E-state index < -0.39 is 16.1 Å². The second-order valence-electron chi connectivity index (χ2n) is 8.21. The van der Waals surface area contributed by atoms with Crippen LogP contribution < -0.4 is 0 Å². The van der Waals surface area contributed by atoms with E-state index in [2.05, 4.69) is 12.1 Å². The Labute approximate surface area is 177 Å². The van der Waals surface area contributed by atoms with E-state index in [0.29, 0.717) is 18.4 Å². The highest BCUT2D eigenvalue weighted by Gasteiger charge is 2.44. The molecule has 0 spiro atoms. The number of ketones is 1. The molecule has 0 fully saturated rings. The standard InChI is InChI=1S/C25H23NO3S/c1-17-10-12-21(13-11-17)30(28,29)26(20-14-18-6-2-3-7-19(18)15-20)24-16-25(27)23-9-5-4-8-22(23)24/h2-13,20,24H,14-16H2,1H3. The number of fused-ring (bicyclic) bond motifs is 2. The molecule has 0 saturated heterocycles. The van der Waals surface area contributed by atoms with Gasteiger partial charge in [-0.15, -0.1) is 0 Å². The number of Topliss-reactive ketones (excluding diaryl/α,β-unsaturated/α-hetero) is 1. The third-order valence-corrected chi connectivity index (χ3v) is 8.27. The lowest BCUT2D eigenvalue weighted by Gasteiger charge is -2.33. The topological polar surface area (TPSA) is 54.5 Å². The molecule has 0 N–H and O–H groups in total. The summed E-state index contributed by atoms with van der Waals surface area (Å²) in [5.41, 5.74) is 4.83. The Morgan fingerprint density at radius 1 is 0.800 bits per heavy atom. The van der Waals surface area contributed by atoms with Gasteiger partial charge in [0.2, 0.25) is 10.0 Å². The Kier molecular flexibility index (Phi) is 4.60. The number of benzene rings is 3. The van der Waals surface area contributed by atoms with Crippen molar-refractivity contribution in [3.63, 3.8) is 0 Å². The van der Waals surface area contributed by atoms with Crippen molar-refractivity contribution in [2.45, 2.75) is 43.2 Å². The zero-order chi connectivity index (χ0) is 20.9. The second-order valence-corrected chi connectivity index (χ2v) is 10.1. The summed E-state index contributed by atoms with van der Waals surface area (Å²) in [5.74, 6) is 0.00946. The van der Waals surface area contributed by atoms with Crippen molar-refractivity contribution in [3.05, 3.63) is 101 Å².